The van der Waals surface area contributed by atoms with Crippen LogP contribution in [-0.4, -0.2) is 45.6 Å². The van der Waals surface area contributed by atoms with Crippen molar-refractivity contribution in [3.63, 3.8) is 0 Å². The summed E-state index contributed by atoms with van der Waals surface area (Å²) in [5.41, 5.74) is 4.93. The van der Waals surface area contributed by atoms with Gasteiger partial charge in [0.15, 0.2) is 0 Å². The molecule has 6 rings (SSSR count). The van der Waals surface area contributed by atoms with E-state index in [1.165, 1.54) is 17.4 Å². The smallest absolute Gasteiger partial charge is 0.253 e. The average molecular weight is 486 g/mol. The van der Waals surface area contributed by atoms with Gasteiger partial charge in [0.05, 0.1) is 16.7 Å². The van der Waals surface area contributed by atoms with Gasteiger partial charge < -0.3 is 24.9 Å². The van der Waals surface area contributed by atoms with Crippen molar-refractivity contribution in [3.05, 3.63) is 59.5 Å². The minimum absolute atomic E-state index is 0.169. The van der Waals surface area contributed by atoms with Crippen molar-refractivity contribution in [2.24, 2.45) is 7.05 Å². The van der Waals surface area contributed by atoms with Crippen LogP contribution in [0.15, 0.2) is 42.6 Å². The number of hydrogen-bond acceptors (Lipinski definition) is 4. The molecule has 186 valence electrons. The first-order chi connectivity index (χ1) is 17.6. The van der Waals surface area contributed by atoms with E-state index >= 15 is 0 Å². The molecule has 1 atom stereocenters. The lowest BCUT2D eigenvalue weighted by molar-refractivity contribution is -0.124. The quantitative estimate of drug-likeness (QED) is 0.361. The minimum Gasteiger partial charge on any atom is -0.368 e. The van der Waals surface area contributed by atoms with Gasteiger partial charge in [0, 0.05) is 48.8 Å². The van der Waals surface area contributed by atoms with Crippen LogP contribution in [0.4, 0.5) is 5.69 Å². The lowest BCUT2D eigenvalue weighted by Crippen LogP contribution is -2.28. The Morgan fingerprint density at radius 1 is 1.17 bits per heavy atom. The third-order valence-corrected chi connectivity index (χ3v) is 7.57. The zero-order valence-corrected chi connectivity index (χ0v) is 20.5. The molecule has 2 aliphatic rings. The Morgan fingerprint density at radius 2 is 2.03 bits per heavy atom. The second-order valence-corrected chi connectivity index (χ2v) is 9.90. The van der Waals surface area contributed by atoms with Gasteiger partial charge in [-0.1, -0.05) is 24.6 Å². The molecule has 2 aromatic carbocycles. The molecule has 2 fully saturated rings. The number of benzene rings is 2. The van der Waals surface area contributed by atoms with Crippen molar-refractivity contribution in [2.45, 2.75) is 50.5 Å². The first-order valence-corrected chi connectivity index (χ1v) is 12.8. The molecular weight excluding hydrogens is 454 g/mol. The first kappa shape index (κ1) is 22.8. The highest BCUT2D eigenvalue weighted by Gasteiger charge is 2.28. The van der Waals surface area contributed by atoms with Crippen LogP contribution >= 0.6 is 0 Å². The highest BCUT2D eigenvalue weighted by atomic mass is 16.5. The summed E-state index contributed by atoms with van der Waals surface area (Å²) in [5.74, 6) is 1.09. The van der Waals surface area contributed by atoms with E-state index in [9.17, 15) is 9.59 Å². The number of aromatic nitrogens is 3. The van der Waals surface area contributed by atoms with Crippen molar-refractivity contribution >= 4 is 39.4 Å². The number of aromatic amines is 1. The van der Waals surface area contributed by atoms with Crippen molar-refractivity contribution in [2.75, 3.05) is 18.5 Å². The normalized spacial score (nSPS) is 18.0. The Balaban J connectivity index is 1.25. The van der Waals surface area contributed by atoms with Gasteiger partial charge in [-0.15, -0.1) is 0 Å². The maximum atomic E-state index is 13.2. The number of aryl methyl sites for hydroxylation is 1. The van der Waals surface area contributed by atoms with Crippen LogP contribution in [0.5, 0.6) is 0 Å². The summed E-state index contributed by atoms with van der Waals surface area (Å²) in [6.07, 6.45) is 7.30. The topological polar surface area (TPSA) is 101 Å². The third kappa shape index (κ3) is 4.15. The lowest BCUT2D eigenvalue weighted by Gasteiger charge is -2.24. The molecule has 0 bridgehead atoms. The number of hydrogen-bond donors (Lipinski definition) is 3. The van der Waals surface area contributed by atoms with Gasteiger partial charge in [-0.25, -0.2) is 4.98 Å². The van der Waals surface area contributed by atoms with Crippen molar-refractivity contribution in [1.82, 2.24) is 19.9 Å². The van der Waals surface area contributed by atoms with Gasteiger partial charge in [-0.3, -0.25) is 9.59 Å². The fourth-order valence-electron chi connectivity index (χ4n) is 5.38. The van der Waals surface area contributed by atoms with Crippen LogP contribution in [-0.2, 0) is 23.0 Å². The fourth-order valence-corrected chi connectivity index (χ4v) is 5.38. The number of amides is 2. The summed E-state index contributed by atoms with van der Waals surface area (Å²) in [6.45, 7) is 1.11. The molecule has 2 amide bonds. The SMILES string of the molecule is Cn1c(C2CCC2)nc2cc(C(=O)NCCc3c[nH]c4ccccc34)cc(NC(=O)[C@H]3CCCO3)c21. The van der Waals surface area contributed by atoms with Crippen LogP contribution in [0.3, 0.4) is 0 Å². The number of H-pyrrole nitrogens is 1. The minimum atomic E-state index is -0.451. The molecule has 2 aromatic heterocycles. The van der Waals surface area contributed by atoms with E-state index in [0.717, 1.165) is 48.1 Å². The van der Waals surface area contributed by atoms with Crippen LogP contribution in [0.1, 0.15) is 59.8 Å². The molecule has 8 nitrogen and oxygen atoms in total. The maximum Gasteiger partial charge on any atom is 0.253 e. The van der Waals surface area contributed by atoms with E-state index in [0.29, 0.717) is 36.7 Å². The van der Waals surface area contributed by atoms with Crippen LogP contribution in [0.2, 0.25) is 0 Å². The molecule has 36 heavy (non-hydrogen) atoms. The number of imidazole rings is 1. The summed E-state index contributed by atoms with van der Waals surface area (Å²) >= 11 is 0. The number of anilines is 1. The molecule has 1 saturated carbocycles. The van der Waals surface area contributed by atoms with Crippen LogP contribution in [0.25, 0.3) is 21.9 Å². The Labute approximate surface area is 209 Å². The number of carbonyl (C=O) groups is 2. The fraction of sp³-hybridized carbons (Fsp3) is 0.393. The maximum absolute atomic E-state index is 13.2. The Bertz CT molecular complexity index is 1440. The molecule has 3 N–H and O–H groups in total. The van der Waals surface area contributed by atoms with E-state index in [4.69, 9.17) is 9.72 Å². The molecule has 1 aliphatic heterocycles. The van der Waals surface area contributed by atoms with Crippen LogP contribution in [0, 0.1) is 0 Å². The Morgan fingerprint density at radius 3 is 2.81 bits per heavy atom. The monoisotopic (exact) mass is 485 g/mol. The van der Waals surface area contributed by atoms with E-state index in [1.807, 2.05) is 37.5 Å². The standard InChI is InChI=1S/C28H31N5O3/c1-33-25-22(31-26(33)17-6-4-7-17)14-19(15-23(25)32-28(35)24-10-5-13-36-24)27(34)29-12-11-18-16-30-21-9-3-2-8-20(18)21/h2-3,8-9,14-17,24,30H,4-7,10-13H2,1H3,(H,29,34)(H,32,35)/t24-/m1/s1. The van der Waals surface area contributed by atoms with Gasteiger partial charge in [0.1, 0.15) is 11.9 Å². The average Bonchev–Trinajstić information content (AvgIpc) is 3.58. The number of carbonyl (C=O) groups excluding carboxylic acids is 2. The summed E-state index contributed by atoms with van der Waals surface area (Å²) in [6, 6.07) is 11.8. The van der Waals surface area contributed by atoms with E-state index < -0.39 is 6.10 Å². The molecule has 0 spiro atoms. The molecular formula is C28H31N5O3. The second-order valence-electron chi connectivity index (χ2n) is 9.90. The van der Waals surface area contributed by atoms with Gasteiger partial charge in [0.25, 0.3) is 11.8 Å². The molecule has 8 heteroatoms. The lowest BCUT2D eigenvalue weighted by atomic mass is 9.85. The number of rotatable bonds is 7. The zero-order valence-electron chi connectivity index (χ0n) is 20.5. The number of nitrogens with zero attached hydrogens (tertiary/aromatic N) is 2. The van der Waals surface area contributed by atoms with E-state index in [1.54, 1.807) is 6.07 Å². The van der Waals surface area contributed by atoms with Gasteiger partial charge in [0.2, 0.25) is 0 Å². The first-order valence-electron chi connectivity index (χ1n) is 12.8. The number of fused-ring (bicyclic) bond motifs is 2. The molecule has 1 aliphatic carbocycles. The molecule has 0 unspecified atom stereocenters. The highest BCUT2D eigenvalue weighted by Crippen LogP contribution is 2.38. The van der Waals surface area contributed by atoms with E-state index in [2.05, 4.69) is 26.3 Å². The van der Waals surface area contributed by atoms with Crippen molar-refractivity contribution in [1.29, 1.82) is 0 Å². The Hall–Kier alpha value is -3.65. The number of nitrogens with one attached hydrogen (secondary N) is 3. The summed E-state index contributed by atoms with van der Waals surface area (Å²) < 4.78 is 7.65. The van der Waals surface area contributed by atoms with E-state index in [-0.39, 0.29) is 11.8 Å². The zero-order chi connectivity index (χ0) is 24.6. The number of para-hydroxylation sites is 1. The predicted octanol–water partition coefficient (Wildman–Crippen LogP) is 4.41. The predicted molar refractivity (Wildman–Crippen MR) is 139 cm³/mol. The summed E-state index contributed by atoms with van der Waals surface area (Å²) in [5, 5.41) is 7.26. The molecule has 1 saturated heterocycles. The van der Waals surface area contributed by atoms with Gasteiger partial charge in [-0.2, -0.15) is 0 Å². The summed E-state index contributed by atoms with van der Waals surface area (Å²) in [4.78, 5) is 34.3. The summed E-state index contributed by atoms with van der Waals surface area (Å²) in [7, 11) is 1.99. The molecule has 0 radical (unpaired) electrons. The molecule has 3 heterocycles. The largest absolute Gasteiger partial charge is 0.368 e. The van der Waals surface area contributed by atoms with Gasteiger partial charge in [-0.05, 0) is 55.9 Å². The van der Waals surface area contributed by atoms with Crippen molar-refractivity contribution in [3.8, 4) is 0 Å². The Kier molecular flexibility index (Phi) is 5.97. The number of ether oxygens (including phenoxy) is 1. The van der Waals surface area contributed by atoms with Crippen molar-refractivity contribution < 1.29 is 14.3 Å². The van der Waals surface area contributed by atoms with Crippen LogP contribution < -0.4 is 10.6 Å². The second kappa shape index (κ2) is 9.43. The molecule has 4 aromatic rings. The highest BCUT2D eigenvalue weighted by molar-refractivity contribution is 6.06. The van der Waals surface area contributed by atoms with Gasteiger partial charge >= 0.3 is 0 Å². The third-order valence-electron chi connectivity index (χ3n) is 7.57.